The molecule has 0 aliphatic rings. The first kappa shape index (κ1) is 29.8. The van der Waals surface area contributed by atoms with Crippen LogP contribution in [0.5, 0.6) is 5.75 Å². The van der Waals surface area contributed by atoms with Gasteiger partial charge in [0.2, 0.25) is 0 Å². The van der Waals surface area contributed by atoms with Gasteiger partial charge >= 0.3 is 12.0 Å². The summed E-state index contributed by atoms with van der Waals surface area (Å²) < 4.78 is 5.42. The number of amides is 2. The minimum absolute atomic E-state index is 0.0382. The number of aliphatic carboxylic acids is 1. The van der Waals surface area contributed by atoms with E-state index in [-0.39, 0.29) is 37.5 Å². The molecule has 3 rings (SSSR count). The number of carbonyl (C=O) groups is 4. The number of pyridine rings is 1. The van der Waals surface area contributed by atoms with E-state index in [1.54, 1.807) is 30.3 Å². The number of anilines is 3. The van der Waals surface area contributed by atoms with Crippen molar-refractivity contribution in [2.24, 2.45) is 0 Å². The number of ketones is 2. The molecule has 2 aromatic carbocycles. The number of nitrogens with one attached hydrogen (secondary N) is 4. The van der Waals surface area contributed by atoms with E-state index < -0.39 is 18.0 Å². The van der Waals surface area contributed by atoms with E-state index in [0.29, 0.717) is 28.5 Å². The quantitative estimate of drug-likeness (QED) is 0.201. The zero-order chi connectivity index (χ0) is 29.1. The molecule has 40 heavy (non-hydrogen) atoms. The topological polar surface area (TPSA) is 159 Å². The molecule has 0 aliphatic carbocycles. The SMILES string of the molecule is COc1cc(CC(=O)CNc2ccc(C(CC(=O)O)NCC(C)=O)nc2)ccc1NC(=O)Nc1ccccc1C. The molecular formula is C29H33N5O6. The number of carbonyl (C=O) groups excluding carboxylic acids is 3. The first-order chi connectivity index (χ1) is 19.1. The van der Waals surface area contributed by atoms with Gasteiger partial charge in [-0.3, -0.25) is 19.4 Å². The predicted molar refractivity (Wildman–Crippen MR) is 152 cm³/mol. The minimum Gasteiger partial charge on any atom is -0.495 e. The molecule has 1 aromatic heterocycles. The number of hydrogen-bond acceptors (Lipinski definition) is 8. The van der Waals surface area contributed by atoms with Crippen molar-refractivity contribution in [2.75, 3.05) is 36.1 Å². The maximum Gasteiger partial charge on any atom is 0.323 e. The highest BCUT2D eigenvalue weighted by atomic mass is 16.5. The Labute approximate surface area is 232 Å². The molecule has 0 fully saturated rings. The minimum atomic E-state index is -1.01. The summed E-state index contributed by atoms with van der Waals surface area (Å²) in [4.78, 5) is 51.8. The molecule has 1 atom stereocenters. The number of ether oxygens (including phenoxy) is 1. The predicted octanol–water partition coefficient (Wildman–Crippen LogP) is 3.96. The van der Waals surface area contributed by atoms with Crippen LogP contribution in [0.4, 0.5) is 21.9 Å². The second kappa shape index (κ2) is 14.4. The molecule has 3 aromatic rings. The second-order valence-electron chi connectivity index (χ2n) is 9.20. The summed E-state index contributed by atoms with van der Waals surface area (Å²) in [7, 11) is 1.49. The smallest absolute Gasteiger partial charge is 0.323 e. The number of para-hydroxylation sites is 1. The monoisotopic (exact) mass is 547 g/mol. The number of nitrogens with zero attached hydrogens (tertiary/aromatic N) is 1. The highest BCUT2D eigenvalue weighted by Crippen LogP contribution is 2.26. The van der Waals surface area contributed by atoms with E-state index in [9.17, 15) is 19.2 Å². The van der Waals surface area contributed by atoms with Gasteiger partial charge in [0.25, 0.3) is 0 Å². The maximum atomic E-state index is 12.6. The van der Waals surface area contributed by atoms with Gasteiger partial charge in [0.05, 0.1) is 55.9 Å². The fourth-order valence-electron chi connectivity index (χ4n) is 3.87. The van der Waals surface area contributed by atoms with Crippen LogP contribution in [0.3, 0.4) is 0 Å². The van der Waals surface area contributed by atoms with Gasteiger partial charge in [0, 0.05) is 12.1 Å². The number of rotatable bonds is 14. The lowest BCUT2D eigenvalue weighted by Crippen LogP contribution is -2.28. The number of carboxylic acids is 1. The Morgan fingerprint density at radius 1 is 0.975 bits per heavy atom. The molecule has 2 amide bonds. The van der Waals surface area contributed by atoms with Crippen LogP contribution in [-0.4, -0.2) is 53.9 Å². The molecule has 0 aliphatic heterocycles. The largest absolute Gasteiger partial charge is 0.495 e. The number of carboxylic acid groups (broad SMARTS) is 1. The van der Waals surface area contributed by atoms with Crippen molar-refractivity contribution in [2.45, 2.75) is 32.7 Å². The summed E-state index contributed by atoms with van der Waals surface area (Å²) in [5.41, 5.74) is 3.89. The zero-order valence-electron chi connectivity index (χ0n) is 22.6. The lowest BCUT2D eigenvalue weighted by molar-refractivity contribution is -0.137. The molecule has 0 bridgehead atoms. The second-order valence-corrected chi connectivity index (χ2v) is 9.20. The Morgan fingerprint density at radius 2 is 1.73 bits per heavy atom. The van der Waals surface area contributed by atoms with Gasteiger partial charge in [-0.25, -0.2) is 4.79 Å². The molecule has 210 valence electrons. The van der Waals surface area contributed by atoms with Gasteiger partial charge in [-0.15, -0.1) is 0 Å². The van der Waals surface area contributed by atoms with Crippen molar-refractivity contribution in [3.05, 3.63) is 77.6 Å². The fourth-order valence-corrected chi connectivity index (χ4v) is 3.87. The van der Waals surface area contributed by atoms with Gasteiger partial charge in [-0.1, -0.05) is 24.3 Å². The van der Waals surface area contributed by atoms with Crippen LogP contribution in [0.1, 0.15) is 36.2 Å². The van der Waals surface area contributed by atoms with E-state index in [4.69, 9.17) is 9.84 Å². The van der Waals surface area contributed by atoms with Crippen LogP contribution >= 0.6 is 0 Å². The summed E-state index contributed by atoms with van der Waals surface area (Å²) in [6, 6.07) is 14.9. The van der Waals surface area contributed by atoms with Crippen LogP contribution in [0.25, 0.3) is 0 Å². The molecule has 11 nitrogen and oxygen atoms in total. The van der Waals surface area contributed by atoms with Crippen LogP contribution in [-0.2, 0) is 20.8 Å². The van der Waals surface area contributed by atoms with Crippen molar-refractivity contribution in [1.29, 1.82) is 0 Å². The Balaban J connectivity index is 1.54. The highest BCUT2D eigenvalue weighted by Gasteiger charge is 2.17. The van der Waals surface area contributed by atoms with Crippen LogP contribution in [0.2, 0.25) is 0 Å². The summed E-state index contributed by atoms with van der Waals surface area (Å²) in [5.74, 6) is -0.788. The molecular weight excluding hydrogens is 514 g/mol. The van der Waals surface area contributed by atoms with Crippen LogP contribution in [0.15, 0.2) is 60.8 Å². The first-order valence-electron chi connectivity index (χ1n) is 12.6. The van der Waals surface area contributed by atoms with Crippen molar-refractivity contribution in [1.82, 2.24) is 10.3 Å². The lowest BCUT2D eigenvalue weighted by atomic mass is 10.1. The number of Topliss-reactive ketones (excluding diaryl/α,β-unsaturated/α-hetero) is 2. The van der Waals surface area contributed by atoms with E-state index in [1.165, 1.54) is 20.2 Å². The van der Waals surface area contributed by atoms with E-state index in [1.807, 2.05) is 31.2 Å². The number of hydrogen-bond donors (Lipinski definition) is 5. The van der Waals surface area contributed by atoms with Crippen molar-refractivity contribution in [3.63, 3.8) is 0 Å². The maximum absolute atomic E-state index is 12.6. The summed E-state index contributed by atoms with van der Waals surface area (Å²) in [6.45, 7) is 3.40. The van der Waals surface area contributed by atoms with Crippen molar-refractivity contribution < 1.29 is 29.0 Å². The Hall–Kier alpha value is -4.77. The average molecular weight is 548 g/mol. The van der Waals surface area contributed by atoms with Crippen molar-refractivity contribution >= 4 is 40.6 Å². The molecule has 11 heteroatoms. The van der Waals surface area contributed by atoms with Crippen molar-refractivity contribution in [3.8, 4) is 5.75 Å². The Morgan fingerprint density at radius 3 is 2.38 bits per heavy atom. The summed E-state index contributed by atoms with van der Waals surface area (Å²) in [5, 5.41) is 20.6. The Kier molecular flexibility index (Phi) is 10.7. The lowest BCUT2D eigenvalue weighted by Gasteiger charge is -2.16. The van der Waals surface area contributed by atoms with E-state index in [0.717, 1.165) is 11.1 Å². The van der Waals surface area contributed by atoms with E-state index >= 15 is 0 Å². The third kappa shape index (κ3) is 9.21. The van der Waals surface area contributed by atoms with Gasteiger partial charge in [0.15, 0.2) is 5.78 Å². The normalized spacial score (nSPS) is 11.3. The number of aromatic nitrogens is 1. The molecule has 0 saturated heterocycles. The summed E-state index contributed by atoms with van der Waals surface area (Å²) >= 11 is 0. The number of benzene rings is 2. The molecule has 5 N–H and O–H groups in total. The van der Waals surface area contributed by atoms with E-state index in [2.05, 4.69) is 26.3 Å². The van der Waals surface area contributed by atoms with Crippen LogP contribution in [0, 0.1) is 6.92 Å². The standard InChI is InChI=1S/C29H33N5O6/c1-18-6-4-5-7-23(18)33-29(39)34-25-10-8-20(13-27(25)40-3)12-22(36)17-30-21-9-11-24(32-16-21)26(14-28(37)38)31-15-19(2)35/h4-11,13,16,26,30-31H,12,14-15,17H2,1-3H3,(H,37,38)(H2,33,34,39). The average Bonchev–Trinajstić information content (AvgIpc) is 2.92. The molecule has 1 heterocycles. The van der Waals surface area contributed by atoms with Gasteiger partial charge < -0.3 is 31.1 Å². The first-order valence-corrected chi connectivity index (χ1v) is 12.6. The number of aryl methyl sites for hydroxylation is 1. The molecule has 0 spiro atoms. The fraction of sp³-hybridized carbons (Fsp3) is 0.276. The highest BCUT2D eigenvalue weighted by molar-refractivity contribution is 6.01. The zero-order valence-corrected chi connectivity index (χ0v) is 22.6. The van der Waals surface area contributed by atoms with Crippen LogP contribution < -0.4 is 26.0 Å². The number of methoxy groups -OCH3 is 1. The molecule has 1 unspecified atom stereocenters. The molecule has 0 radical (unpaired) electrons. The van der Waals surface area contributed by atoms with Gasteiger partial charge in [0.1, 0.15) is 11.5 Å². The third-order valence-corrected chi connectivity index (χ3v) is 5.92. The van der Waals surface area contributed by atoms with Gasteiger partial charge in [-0.2, -0.15) is 0 Å². The Bertz CT molecular complexity index is 1360. The molecule has 0 saturated carbocycles. The number of urea groups is 1. The van der Waals surface area contributed by atoms with Gasteiger partial charge in [-0.05, 0) is 55.3 Å². The third-order valence-electron chi connectivity index (χ3n) is 5.92. The summed E-state index contributed by atoms with van der Waals surface area (Å²) in [6.07, 6.45) is 1.43.